The largest absolute Gasteiger partial charge is 0.480 e. The maximum atomic E-state index is 13.2. The van der Waals surface area contributed by atoms with Crippen molar-refractivity contribution in [1.82, 2.24) is 31.0 Å². The van der Waals surface area contributed by atoms with Gasteiger partial charge in [0.1, 0.15) is 30.1 Å². The zero-order valence-corrected chi connectivity index (χ0v) is 24.4. The van der Waals surface area contributed by atoms with Gasteiger partial charge in [-0.15, -0.1) is 0 Å². The average Bonchev–Trinajstić information content (AvgIpc) is 2.93. The second-order valence-corrected chi connectivity index (χ2v) is 11.1. The van der Waals surface area contributed by atoms with Crippen LogP contribution in [0.4, 0.5) is 0 Å². The zero-order chi connectivity index (χ0) is 31.4. The van der Waals surface area contributed by atoms with Crippen molar-refractivity contribution >= 4 is 40.7 Å². The van der Waals surface area contributed by atoms with Crippen molar-refractivity contribution in [3.8, 4) is 0 Å². The Morgan fingerprint density at radius 1 is 1.21 bits per heavy atom. The molecule has 13 heteroatoms. The number of aromatic nitrogens is 2. The topological polar surface area (TPSA) is 194 Å². The summed E-state index contributed by atoms with van der Waals surface area (Å²) in [4.78, 5) is 69.6. The molecule has 2 aromatic rings. The first-order valence-corrected chi connectivity index (χ1v) is 13.6. The molecule has 226 valence electrons. The lowest BCUT2D eigenvalue weighted by Crippen LogP contribution is -2.60. The van der Waals surface area contributed by atoms with Gasteiger partial charge in [0.2, 0.25) is 11.8 Å². The number of H-pyrrole nitrogens is 1. The summed E-state index contributed by atoms with van der Waals surface area (Å²) in [7, 11) is 0. The van der Waals surface area contributed by atoms with Gasteiger partial charge < -0.3 is 25.8 Å². The molecule has 0 bridgehead atoms. The first kappa shape index (κ1) is 32.2. The Kier molecular flexibility index (Phi) is 10.0. The van der Waals surface area contributed by atoms with Gasteiger partial charge in [0.25, 0.3) is 11.5 Å². The van der Waals surface area contributed by atoms with Crippen LogP contribution in [0.5, 0.6) is 0 Å². The smallest absolute Gasteiger partial charge is 0.322 e. The predicted molar refractivity (Wildman–Crippen MR) is 156 cm³/mol. The van der Waals surface area contributed by atoms with Crippen molar-refractivity contribution in [3.05, 3.63) is 58.2 Å². The van der Waals surface area contributed by atoms with Gasteiger partial charge in [-0.05, 0) is 70.7 Å². The van der Waals surface area contributed by atoms with Crippen molar-refractivity contribution in [2.75, 3.05) is 6.54 Å². The third-order valence-electron chi connectivity index (χ3n) is 6.93. The number of carboxylic acids is 1. The van der Waals surface area contributed by atoms with Gasteiger partial charge in [-0.1, -0.05) is 24.8 Å². The number of rotatable bonds is 10. The molecule has 1 fully saturated rings. The number of hydrogen-bond acceptors (Lipinski definition) is 8. The van der Waals surface area contributed by atoms with E-state index in [1.807, 2.05) is 0 Å². The fraction of sp³-hybridized carbons (Fsp3) is 0.448. The molecule has 1 aliphatic rings. The minimum atomic E-state index is -1.13. The summed E-state index contributed by atoms with van der Waals surface area (Å²) < 4.78 is 0. The van der Waals surface area contributed by atoms with Crippen LogP contribution in [0.15, 0.2) is 41.2 Å². The number of carbonyl (C=O) groups excluding carboxylic acids is 3. The Bertz CT molecular complexity index is 1480. The highest BCUT2D eigenvalue weighted by atomic mass is 16.4. The Labute approximate surface area is 243 Å². The van der Waals surface area contributed by atoms with E-state index < -0.39 is 53.3 Å². The van der Waals surface area contributed by atoms with Crippen molar-refractivity contribution in [1.29, 1.82) is 0 Å². The summed E-state index contributed by atoms with van der Waals surface area (Å²) in [5.74, 6) is -2.54. The first-order valence-electron chi connectivity index (χ1n) is 13.6. The standard InChI is InChI=1S/C29H38N6O7/c1-15(2)22(25(38)30-16(3)26(39)35-13-7-8-20(34-35)27(40)41)32-28(42)29(5,6)12-11-18-9-10-19-21(14-18)31-23(17(4)36)33-24(19)37/h9-12,14,16-17,20,22,34,36H,1,7-8,13H2,2-6H3,(H,30,38)(H,32,42)(H,40,41)(H,31,33,37)/b12-11+/t16-,17+,20-,22-/m0/s1. The van der Waals surface area contributed by atoms with Gasteiger partial charge in [-0.25, -0.2) is 10.4 Å². The van der Waals surface area contributed by atoms with Crippen LogP contribution in [0.3, 0.4) is 0 Å². The molecule has 3 rings (SSSR count). The van der Waals surface area contributed by atoms with Crippen LogP contribution in [-0.4, -0.2) is 73.6 Å². The molecule has 0 unspecified atom stereocenters. The van der Waals surface area contributed by atoms with Gasteiger partial charge in [0.15, 0.2) is 0 Å². The number of aliphatic carboxylic acids is 1. The highest BCUT2D eigenvalue weighted by molar-refractivity contribution is 5.95. The number of hydrogen-bond donors (Lipinski definition) is 6. The number of aliphatic hydroxyl groups is 1. The molecule has 1 aromatic carbocycles. The molecule has 0 saturated carbocycles. The summed E-state index contributed by atoms with van der Waals surface area (Å²) in [6.07, 6.45) is 3.27. The Morgan fingerprint density at radius 2 is 1.90 bits per heavy atom. The van der Waals surface area contributed by atoms with Crippen LogP contribution >= 0.6 is 0 Å². The fourth-order valence-corrected chi connectivity index (χ4v) is 4.30. The molecule has 6 N–H and O–H groups in total. The van der Waals surface area contributed by atoms with E-state index in [2.05, 4.69) is 32.6 Å². The number of nitrogens with one attached hydrogen (secondary N) is 4. The van der Waals surface area contributed by atoms with Crippen LogP contribution in [0.25, 0.3) is 17.0 Å². The number of carbonyl (C=O) groups is 4. The van der Waals surface area contributed by atoms with Crippen molar-refractivity contribution in [3.63, 3.8) is 0 Å². The number of aromatic amines is 1. The number of benzene rings is 1. The fourth-order valence-electron chi connectivity index (χ4n) is 4.30. The highest BCUT2D eigenvalue weighted by Crippen LogP contribution is 2.22. The molecule has 1 aliphatic heterocycles. The van der Waals surface area contributed by atoms with E-state index in [1.54, 1.807) is 51.1 Å². The molecule has 13 nitrogen and oxygen atoms in total. The van der Waals surface area contributed by atoms with Gasteiger partial charge in [0.05, 0.1) is 16.3 Å². The van der Waals surface area contributed by atoms with E-state index in [-0.39, 0.29) is 11.4 Å². The van der Waals surface area contributed by atoms with E-state index in [1.165, 1.54) is 18.9 Å². The zero-order valence-electron chi connectivity index (χ0n) is 24.4. The molecule has 1 saturated heterocycles. The van der Waals surface area contributed by atoms with Crippen LogP contribution in [0, 0.1) is 5.41 Å². The van der Waals surface area contributed by atoms with E-state index in [4.69, 9.17) is 0 Å². The summed E-state index contributed by atoms with van der Waals surface area (Å²) >= 11 is 0. The number of hydrazine groups is 1. The van der Waals surface area contributed by atoms with Crippen LogP contribution in [0.2, 0.25) is 0 Å². The normalized spacial score (nSPS) is 17.9. The number of amides is 3. The minimum absolute atomic E-state index is 0.144. The molecule has 0 aliphatic carbocycles. The molecule has 1 aromatic heterocycles. The minimum Gasteiger partial charge on any atom is -0.480 e. The molecule has 2 heterocycles. The summed E-state index contributed by atoms with van der Waals surface area (Å²) in [6, 6.07) is 1.96. The monoisotopic (exact) mass is 582 g/mol. The second kappa shape index (κ2) is 13.1. The third kappa shape index (κ3) is 7.68. The molecular weight excluding hydrogens is 544 g/mol. The second-order valence-electron chi connectivity index (χ2n) is 11.1. The lowest BCUT2D eigenvalue weighted by Gasteiger charge is -2.34. The number of aliphatic hydroxyl groups excluding tert-OH is 1. The van der Waals surface area contributed by atoms with E-state index in [0.29, 0.717) is 41.4 Å². The molecule has 4 atom stereocenters. The summed E-state index contributed by atoms with van der Waals surface area (Å²) in [5.41, 5.74) is 2.61. The number of fused-ring (bicyclic) bond motifs is 1. The van der Waals surface area contributed by atoms with E-state index in [9.17, 15) is 34.2 Å². The van der Waals surface area contributed by atoms with Crippen molar-refractivity contribution in [2.24, 2.45) is 5.41 Å². The van der Waals surface area contributed by atoms with Crippen LogP contribution in [-0.2, 0) is 19.2 Å². The summed E-state index contributed by atoms with van der Waals surface area (Å²) in [6.45, 7) is 12.0. The number of nitrogens with zero attached hydrogens (tertiary/aromatic N) is 2. The van der Waals surface area contributed by atoms with Crippen molar-refractivity contribution in [2.45, 2.75) is 71.7 Å². The van der Waals surface area contributed by atoms with Gasteiger partial charge >= 0.3 is 5.97 Å². The SMILES string of the molecule is C=C(C)[C@H](NC(=O)C(C)(C)/C=C/c1ccc2c(=O)[nH]c([C@@H](C)O)nc2c1)C(=O)N[C@@H](C)C(=O)N1CCC[C@@H](C(=O)O)N1. The van der Waals surface area contributed by atoms with Crippen molar-refractivity contribution < 1.29 is 29.4 Å². The lowest BCUT2D eigenvalue weighted by molar-refractivity contribution is -0.148. The van der Waals surface area contributed by atoms with Gasteiger partial charge in [-0.2, -0.15) is 0 Å². The van der Waals surface area contributed by atoms with E-state index in [0.717, 1.165) is 0 Å². The Hall–Kier alpha value is -4.36. The van der Waals surface area contributed by atoms with Crippen LogP contribution < -0.4 is 21.6 Å². The van der Waals surface area contributed by atoms with E-state index >= 15 is 0 Å². The molecule has 0 radical (unpaired) electrons. The van der Waals surface area contributed by atoms with Gasteiger partial charge in [-0.3, -0.25) is 29.0 Å². The maximum absolute atomic E-state index is 13.2. The average molecular weight is 583 g/mol. The number of carboxylic acid groups (broad SMARTS) is 1. The first-order chi connectivity index (χ1) is 19.6. The Morgan fingerprint density at radius 3 is 2.52 bits per heavy atom. The molecular formula is C29H38N6O7. The summed E-state index contributed by atoms with van der Waals surface area (Å²) in [5, 5.41) is 25.9. The highest BCUT2D eigenvalue weighted by Gasteiger charge is 2.33. The lowest BCUT2D eigenvalue weighted by atomic mass is 9.90. The maximum Gasteiger partial charge on any atom is 0.322 e. The predicted octanol–water partition coefficient (Wildman–Crippen LogP) is 1.16. The third-order valence-corrected chi connectivity index (χ3v) is 6.93. The molecule has 3 amide bonds. The Balaban J connectivity index is 1.69. The quantitative estimate of drug-likeness (QED) is 0.223. The molecule has 0 spiro atoms. The molecule has 42 heavy (non-hydrogen) atoms. The van der Waals surface area contributed by atoms with Crippen LogP contribution in [0.1, 0.15) is 65.0 Å². The van der Waals surface area contributed by atoms with Gasteiger partial charge in [0, 0.05) is 6.54 Å².